The number of halogens is 1. The summed E-state index contributed by atoms with van der Waals surface area (Å²) < 4.78 is 0.967. The van der Waals surface area contributed by atoms with Crippen molar-refractivity contribution in [2.45, 2.75) is 33.2 Å². The first kappa shape index (κ1) is 17.5. The molecule has 0 aliphatic carbocycles. The monoisotopic (exact) mass is 355 g/mol. The van der Waals surface area contributed by atoms with Crippen LogP contribution in [0.15, 0.2) is 33.9 Å². The van der Waals surface area contributed by atoms with E-state index in [-0.39, 0.29) is 11.7 Å². The summed E-state index contributed by atoms with van der Waals surface area (Å²) in [5, 5.41) is 12.0. The lowest BCUT2D eigenvalue weighted by molar-refractivity contribution is -0.138. The van der Waals surface area contributed by atoms with E-state index in [9.17, 15) is 4.79 Å². The molecular formula is C15H22BrN3O2. The second kappa shape index (κ2) is 7.45. The molecule has 1 rings (SSSR count). The summed E-state index contributed by atoms with van der Waals surface area (Å²) in [7, 11) is 1.73. The van der Waals surface area contributed by atoms with Crippen LogP contribution in [0.3, 0.4) is 0 Å². The number of hydrogen-bond acceptors (Lipinski definition) is 3. The average molecular weight is 356 g/mol. The quantitative estimate of drug-likeness (QED) is 0.356. The van der Waals surface area contributed by atoms with Crippen molar-refractivity contribution in [1.29, 1.82) is 0 Å². The van der Waals surface area contributed by atoms with Crippen molar-refractivity contribution in [3.63, 3.8) is 0 Å². The normalized spacial score (nSPS) is 12.3. The number of amidine groups is 1. The van der Waals surface area contributed by atoms with Gasteiger partial charge in [-0.05, 0) is 30.5 Å². The Bertz CT molecular complexity index is 527. The van der Waals surface area contributed by atoms with Crippen molar-refractivity contribution in [3.8, 4) is 0 Å². The van der Waals surface area contributed by atoms with Crippen molar-refractivity contribution in [2.24, 2.45) is 16.3 Å². The van der Waals surface area contributed by atoms with E-state index >= 15 is 0 Å². The van der Waals surface area contributed by atoms with Crippen LogP contribution in [0, 0.1) is 5.41 Å². The van der Waals surface area contributed by atoms with Crippen molar-refractivity contribution >= 4 is 27.7 Å². The predicted molar refractivity (Wildman–Crippen MR) is 87.0 cm³/mol. The van der Waals surface area contributed by atoms with Gasteiger partial charge >= 0.3 is 0 Å². The van der Waals surface area contributed by atoms with E-state index in [1.165, 1.54) is 0 Å². The molecule has 0 aliphatic rings. The fourth-order valence-corrected chi connectivity index (χ4v) is 2.91. The number of carbonyl (C=O) groups is 1. The molecule has 0 atom stereocenters. The van der Waals surface area contributed by atoms with Crippen LogP contribution < -0.4 is 5.73 Å². The van der Waals surface area contributed by atoms with Crippen molar-refractivity contribution in [1.82, 2.24) is 4.90 Å². The maximum absolute atomic E-state index is 12.8. The van der Waals surface area contributed by atoms with E-state index in [2.05, 4.69) is 21.1 Å². The van der Waals surface area contributed by atoms with Crippen LogP contribution in [0.1, 0.15) is 32.3 Å². The highest BCUT2D eigenvalue weighted by molar-refractivity contribution is 9.10. The van der Waals surface area contributed by atoms with E-state index < -0.39 is 5.41 Å². The Kier molecular flexibility index (Phi) is 6.20. The topological polar surface area (TPSA) is 78.9 Å². The Morgan fingerprint density at radius 1 is 1.43 bits per heavy atom. The molecule has 0 spiro atoms. The Hall–Kier alpha value is -1.56. The van der Waals surface area contributed by atoms with Crippen LogP contribution in [0.2, 0.25) is 0 Å². The molecule has 0 saturated heterocycles. The van der Waals surface area contributed by atoms with Crippen molar-refractivity contribution < 1.29 is 10.0 Å². The smallest absolute Gasteiger partial charge is 0.236 e. The molecule has 0 heterocycles. The number of amides is 1. The molecule has 1 amide bonds. The van der Waals surface area contributed by atoms with Crippen LogP contribution in [0.4, 0.5) is 0 Å². The van der Waals surface area contributed by atoms with Gasteiger partial charge in [0.15, 0.2) is 5.84 Å². The van der Waals surface area contributed by atoms with Gasteiger partial charge in [-0.2, -0.15) is 0 Å². The minimum Gasteiger partial charge on any atom is -0.409 e. The average Bonchev–Trinajstić information content (AvgIpc) is 2.48. The zero-order valence-electron chi connectivity index (χ0n) is 12.6. The van der Waals surface area contributed by atoms with Crippen LogP contribution >= 0.6 is 15.9 Å². The van der Waals surface area contributed by atoms with Gasteiger partial charge in [-0.1, -0.05) is 47.1 Å². The fraction of sp³-hybridized carbons (Fsp3) is 0.467. The number of nitrogens with zero attached hydrogens (tertiary/aromatic N) is 2. The summed E-state index contributed by atoms with van der Waals surface area (Å²) in [6.07, 6.45) is 0.974. The molecule has 1 aromatic carbocycles. The number of rotatable bonds is 6. The summed E-state index contributed by atoms with van der Waals surface area (Å²) in [6.45, 7) is 4.21. The zero-order chi connectivity index (χ0) is 16.0. The van der Waals surface area contributed by atoms with E-state index in [1.807, 2.05) is 38.1 Å². The molecule has 21 heavy (non-hydrogen) atoms. The number of carbonyl (C=O) groups excluding carboxylic acids is 1. The largest absolute Gasteiger partial charge is 0.409 e. The van der Waals surface area contributed by atoms with E-state index in [1.54, 1.807) is 11.9 Å². The van der Waals surface area contributed by atoms with Crippen LogP contribution in [0.25, 0.3) is 0 Å². The third-order valence-electron chi connectivity index (χ3n) is 3.87. The van der Waals surface area contributed by atoms with Gasteiger partial charge in [0, 0.05) is 18.1 Å². The van der Waals surface area contributed by atoms with E-state index in [0.717, 1.165) is 10.0 Å². The maximum Gasteiger partial charge on any atom is 0.236 e. The fourth-order valence-electron chi connectivity index (χ4n) is 2.47. The minimum absolute atomic E-state index is 0.0291. The molecule has 1 aromatic rings. The molecule has 0 bridgehead atoms. The Morgan fingerprint density at radius 3 is 2.52 bits per heavy atom. The van der Waals surface area contributed by atoms with Gasteiger partial charge in [0.1, 0.15) is 5.41 Å². The summed E-state index contributed by atoms with van der Waals surface area (Å²) in [5.41, 5.74) is 5.84. The molecule has 0 saturated carbocycles. The lowest BCUT2D eigenvalue weighted by Gasteiger charge is -2.33. The zero-order valence-corrected chi connectivity index (χ0v) is 14.2. The SMILES string of the molecule is CCC(CC)(C(=O)N(C)Cc1cccc(Br)c1)C(N)=NO. The van der Waals surface area contributed by atoms with Crippen LogP contribution in [0.5, 0.6) is 0 Å². The summed E-state index contributed by atoms with van der Waals surface area (Å²) >= 11 is 3.41. The molecule has 0 aromatic heterocycles. The molecule has 0 fully saturated rings. The molecule has 5 nitrogen and oxygen atoms in total. The second-order valence-corrected chi connectivity index (χ2v) is 5.98. The first-order valence-corrected chi connectivity index (χ1v) is 7.68. The Labute approximate surface area is 133 Å². The summed E-state index contributed by atoms with van der Waals surface area (Å²) in [5.74, 6) is -0.165. The highest BCUT2D eigenvalue weighted by Crippen LogP contribution is 2.29. The third kappa shape index (κ3) is 3.75. The van der Waals surface area contributed by atoms with Gasteiger partial charge < -0.3 is 15.8 Å². The Balaban J connectivity index is 2.99. The predicted octanol–water partition coefficient (Wildman–Crippen LogP) is 2.96. The standard InChI is InChI=1S/C15H22BrN3O2/c1-4-15(5-2,13(17)18-21)14(20)19(3)10-11-7-6-8-12(16)9-11/h6-9,21H,4-5,10H2,1-3H3,(H2,17,18). The Morgan fingerprint density at radius 2 is 2.05 bits per heavy atom. The highest BCUT2D eigenvalue weighted by atomic mass is 79.9. The van der Waals surface area contributed by atoms with Crippen molar-refractivity contribution in [3.05, 3.63) is 34.3 Å². The molecular weight excluding hydrogens is 334 g/mol. The second-order valence-electron chi connectivity index (χ2n) is 5.07. The molecule has 6 heteroatoms. The minimum atomic E-state index is -0.949. The molecule has 0 aliphatic heterocycles. The lowest BCUT2D eigenvalue weighted by atomic mass is 9.79. The molecule has 3 N–H and O–H groups in total. The van der Waals surface area contributed by atoms with Crippen LogP contribution in [-0.2, 0) is 11.3 Å². The van der Waals surface area contributed by atoms with Gasteiger partial charge in [0.05, 0.1) is 0 Å². The first-order valence-electron chi connectivity index (χ1n) is 6.89. The first-order chi connectivity index (χ1) is 9.91. The summed E-state index contributed by atoms with van der Waals surface area (Å²) in [4.78, 5) is 14.4. The van der Waals surface area contributed by atoms with Gasteiger partial charge in [0.2, 0.25) is 5.91 Å². The van der Waals surface area contributed by atoms with Crippen molar-refractivity contribution in [2.75, 3.05) is 7.05 Å². The van der Waals surface area contributed by atoms with E-state index in [0.29, 0.717) is 19.4 Å². The maximum atomic E-state index is 12.8. The molecule has 0 radical (unpaired) electrons. The molecule has 0 unspecified atom stereocenters. The number of hydrogen-bond donors (Lipinski definition) is 2. The van der Waals surface area contributed by atoms with Gasteiger partial charge in [-0.25, -0.2) is 0 Å². The molecule has 116 valence electrons. The number of nitrogens with two attached hydrogens (primary N) is 1. The highest BCUT2D eigenvalue weighted by Gasteiger charge is 2.41. The van der Waals surface area contributed by atoms with Crippen LogP contribution in [-0.4, -0.2) is 28.9 Å². The third-order valence-corrected chi connectivity index (χ3v) is 4.36. The number of oxime groups is 1. The van der Waals surface area contributed by atoms with Gasteiger partial charge in [-0.15, -0.1) is 0 Å². The summed E-state index contributed by atoms with van der Waals surface area (Å²) in [6, 6.07) is 7.78. The lowest BCUT2D eigenvalue weighted by Crippen LogP contribution is -2.49. The van der Waals surface area contributed by atoms with Gasteiger partial charge in [-0.3, -0.25) is 4.79 Å². The van der Waals surface area contributed by atoms with E-state index in [4.69, 9.17) is 10.9 Å². The number of benzene rings is 1. The van der Waals surface area contributed by atoms with Gasteiger partial charge in [0.25, 0.3) is 0 Å².